The molecule has 0 aliphatic heterocycles. The van der Waals surface area contributed by atoms with Gasteiger partial charge in [-0.25, -0.2) is 15.8 Å². The first-order valence-corrected chi connectivity index (χ1v) is 4.77. The molecule has 1 amide bonds. The fraction of sp³-hybridized carbons (Fsp3) is 0.444. The van der Waals surface area contributed by atoms with Crippen molar-refractivity contribution in [3.63, 3.8) is 0 Å². The summed E-state index contributed by atoms with van der Waals surface area (Å²) in [5, 5.41) is 2.79. The number of anilines is 1. The first-order valence-electron chi connectivity index (χ1n) is 4.77. The second-order valence-electron chi connectivity index (χ2n) is 3.21. The number of hydrazine groups is 1. The van der Waals surface area contributed by atoms with Crippen molar-refractivity contribution in [3.05, 3.63) is 18.1 Å². The SMILES string of the molecule is CCC(C)NC(=O)c1cnc(NN)cn1. The van der Waals surface area contributed by atoms with E-state index in [2.05, 4.69) is 20.7 Å². The number of hydrogen-bond acceptors (Lipinski definition) is 5. The van der Waals surface area contributed by atoms with Gasteiger partial charge in [0.2, 0.25) is 0 Å². The van der Waals surface area contributed by atoms with Crippen molar-refractivity contribution in [2.24, 2.45) is 5.84 Å². The molecule has 6 nitrogen and oxygen atoms in total. The summed E-state index contributed by atoms with van der Waals surface area (Å²) in [5.41, 5.74) is 2.63. The van der Waals surface area contributed by atoms with Gasteiger partial charge in [-0.2, -0.15) is 0 Å². The van der Waals surface area contributed by atoms with Crippen LogP contribution in [-0.2, 0) is 0 Å². The average molecular weight is 209 g/mol. The van der Waals surface area contributed by atoms with E-state index in [4.69, 9.17) is 5.84 Å². The molecule has 0 fully saturated rings. The number of hydrogen-bond donors (Lipinski definition) is 3. The molecule has 1 atom stereocenters. The molecule has 4 N–H and O–H groups in total. The molecule has 0 aliphatic carbocycles. The van der Waals surface area contributed by atoms with Crippen LogP contribution in [0.3, 0.4) is 0 Å². The Morgan fingerprint density at radius 3 is 2.73 bits per heavy atom. The molecular weight excluding hydrogens is 194 g/mol. The first kappa shape index (κ1) is 11.4. The number of nitrogens with one attached hydrogen (secondary N) is 2. The Bertz CT molecular complexity index is 324. The second-order valence-corrected chi connectivity index (χ2v) is 3.21. The van der Waals surface area contributed by atoms with Crippen molar-refractivity contribution in [2.75, 3.05) is 5.43 Å². The lowest BCUT2D eigenvalue weighted by Crippen LogP contribution is -2.32. The molecule has 0 saturated heterocycles. The average Bonchev–Trinajstić information content (AvgIpc) is 2.29. The largest absolute Gasteiger partial charge is 0.348 e. The molecular formula is C9H15N5O. The van der Waals surface area contributed by atoms with Crippen LogP contribution in [0, 0.1) is 0 Å². The smallest absolute Gasteiger partial charge is 0.271 e. The second kappa shape index (κ2) is 5.26. The van der Waals surface area contributed by atoms with Crippen LogP contribution in [0.1, 0.15) is 30.8 Å². The molecule has 6 heteroatoms. The van der Waals surface area contributed by atoms with E-state index in [0.717, 1.165) is 6.42 Å². The Labute approximate surface area is 88.3 Å². The number of aromatic nitrogens is 2. The van der Waals surface area contributed by atoms with Crippen molar-refractivity contribution in [3.8, 4) is 0 Å². The summed E-state index contributed by atoms with van der Waals surface area (Å²) in [4.78, 5) is 19.4. The lowest BCUT2D eigenvalue weighted by Gasteiger charge is -2.10. The topological polar surface area (TPSA) is 92.9 Å². The van der Waals surface area contributed by atoms with Crippen molar-refractivity contribution >= 4 is 11.7 Å². The Morgan fingerprint density at radius 2 is 2.27 bits per heavy atom. The van der Waals surface area contributed by atoms with E-state index >= 15 is 0 Å². The third kappa shape index (κ3) is 3.17. The van der Waals surface area contributed by atoms with Crippen LogP contribution in [0.15, 0.2) is 12.4 Å². The molecule has 1 rings (SSSR count). The van der Waals surface area contributed by atoms with E-state index in [9.17, 15) is 4.79 Å². The summed E-state index contributed by atoms with van der Waals surface area (Å²) in [7, 11) is 0. The van der Waals surface area contributed by atoms with Gasteiger partial charge in [0.1, 0.15) is 5.69 Å². The Hall–Kier alpha value is -1.69. The van der Waals surface area contributed by atoms with Crippen LogP contribution in [0.2, 0.25) is 0 Å². The van der Waals surface area contributed by atoms with Crippen LogP contribution < -0.4 is 16.6 Å². The molecule has 1 aromatic heterocycles. The maximum Gasteiger partial charge on any atom is 0.271 e. The van der Waals surface area contributed by atoms with Crippen LogP contribution in [0.5, 0.6) is 0 Å². The van der Waals surface area contributed by atoms with Crippen LogP contribution in [-0.4, -0.2) is 21.9 Å². The van der Waals surface area contributed by atoms with Crippen molar-refractivity contribution < 1.29 is 4.79 Å². The number of nitrogen functional groups attached to an aromatic ring is 1. The highest BCUT2D eigenvalue weighted by Gasteiger charge is 2.09. The zero-order valence-corrected chi connectivity index (χ0v) is 8.82. The van der Waals surface area contributed by atoms with E-state index in [1.807, 2.05) is 13.8 Å². The van der Waals surface area contributed by atoms with E-state index < -0.39 is 0 Å². The highest BCUT2D eigenvalue weighted by molar-refractivity contribution is 5.92. The lowest BCUT2D eigenvalue weighted by molar-refractivity contribution is 0.0934. The van der Waals surface area contributed by atoms with Gasteiger partial charge in [0.15, 0.2) is 5.82 Å². The molecule has 1 aromatic rings. The van der Waals surface area contributed by atoms with Gasteiger partial charge in [0.05, 0.1) is 12.4 Å². The molecule has 0 aromatic carbocycles. The zero-order valence-electron chi connectivity index (χ0n) is 8.82. The summed E-state index contributed by atoms with van der Waals surface area (Å²) in [6.45, 7) is 3.93. The molecule has 0 bridgehead atoms. The Balaban J connectivity index is 2.66. The molecule has 1 heterocycles. The number of nitrogens with zero attached hydrogens (tertiary/aromatic N) is 2. The minimum Gasteiger partial charge on any atom is -0.348 e. The fourth-order valence-electron chi connectivity index (χ4n) is 0.920. The van der Waals surface area contributed by atoms with Crippen LogP contribution in [0.4, 0.5) is 5.82 Å². The molecule has 0 spiro atoms. The van der Waals surface area contributed by atoms with E-state index in [-0.39, 0.29) is 17.6 Å². The highest BCUT2D eigenvalue weighted by Crippen LogP contribution is 1.99. The molecule has 82 valence electrons. The number of carbonyl (C=O) groups excluding carboxylic acids is 1. The van der Waals surface area contributed by atoms with Crippen LogP contribution in [0.25, 0.3) is 0 Å². The minimum atomic E-state index is -0.222. The monoisotopic (exact) mass is 209 g/mol. The summed E-state index contributed by atoms with van der Waals surface area (Å²) < 4.78 is 0. The first-order chi connectivity index (χ1) is 7.17. The van der Waals surface area contributed by atoms with E-state index in [1.54, 1.807) is 0 Å². The van der Waals surface area contributed by atoms with Gasteiger partial charge >= 0.3 is 0 Å². The molecule has 1 unspecified atom stereocenters. The lowest BCUT2D eigenvalue weighted by atomic mass is 10.2. The molecule has 0 aliphatic rings. The predicted molar refractivity (Wildman–Crippen MR) is 57.1 cm³/mol. The van der Waals surface area contributed by atoms with Gasteiger partial charge in [-0.1, -0.05) is 6.92 Å². The molecule has 0 saturated carbocycles. The Kier molecular flexibility index (Phi) is 3.99. The van der Waals surface area contributed by atoms with Gasteiger partial charge in [-0.05, 0) is 13.3 Å². The van der Waals surface area contributed by atoms with E-state index in [1.165, 1.54) is 12.4 Å². The standard InChI is InChI=1S/C9H15N5O/c1-3-6(2)13-9(15)7-4-12-8(14-10)5-11-7/h4-6H,3,10H2,1-2H3,(H,12,14)(H,13,15). The number of nitrogens with two attached hydrogens (primary N) is 1. The summed E-state index contributed by atoms with van der Waals surface area (Å²) in [6.07, 6.45) is 3.67. The van der Waals surface area contributed by atoms with Gasteiger partial charge in [-0.15, -0.1) is 0 Å². The van der Waals surface area contributed by atoms with Gasteiger partial charge in [-0.3, -0.25) is 4.79 Å². The molecule has 15 heavy (non-hydrogen) atoms. The third-order valence-corrected chi connectivity index (χ3v) is 2.02. The van der Waals surface area contributed by atoms with Gasteiger partial charge in [0.25, 0.3) is 5.91 Å². The fourth-order valence-corrected chi connectivity index (χ4v) is 0.920. The number of carbonyl (C=O) groups is 1. The van der Waals surface area contributed by atoms with Crippen molar-refractivity contribution in [1.82, 2.24) is 15.3 Å². The van der Waals surface area contributed by atoms with Crippen molar-refractivity contribution in [2.45, 2.75) is 26.3 Å². The quantitative estimate of drug-likeness (QED) is 0.489. The zero-order chi connectivity index (χ0) is 11.3. The Morgan fingerprint density at radius 1 is 1.53 bits per heavy atom. The number of amides is 1. The summed E-state index contributed by atoms with van der Waals surface area (Å²) in [6, 6.07) is 0.131. The highest BCUT2D eigenvalue weighted by atomic mass is 16.1. The predicted octanol–water partition coefficient (Wildman–Crippen LogP) is 0.290. The normalized spacial score (nSPS) is 11.9. The molecule has 0 radical (unpaired) electrons. The maximum absolute atomic E-state index is 11.5. The van der Waals surface area contributed by atoms with Gasteiger partial charge in [0, 0.05) is 6.04 Å². The van der Waals surface area contributed by atoms with E-state index in [0.29, 0.717) is 5.82 Å². The van der Waals surface area contributed by atoms with Gasteiger partial charge < -0.3 is 10.7 Å². The minimum absolute atomic E-state index is 0.131. The summed E-state index contributed by atoms with van der Waals surface area (Å²) >= 11 is 0. The van der Waals surface area contributed by atoms with Crippen molar-refractivity contribution in [1.29, 1.82) is 0 Å². The number of rotatable bonds is 4. The van der Waals surface area contributed by atoms with Crippen LogP contribution >= 0.6 is 0 Å². The third-order valence-electron chi connectivity index (χ3n) is 2.02. The maximum atomic E-state index is 11.5. The summed E-state index contributed by atoms with van der Waals surface area (Å²) in [5.74, 6) is 5.33.